The minimum absolute atomic E-state index is 0.0706. The fraction of sp³-hybridized carbons (Fsp3) is 0.583. The Morgan fingerprint density at radius 3 is 2.42 bits per heavy atom. The molecule has 7 heteroatoms. The minimum Gasteiger partial charge on any atom is -0.480 e. The quantitative estimate of drug-likeness (QED) is 0.588. The number of carboxylic acids is 1. The maximum atomic E-state index is 11.8. The molecule has 3 amide bonds. The Hall–Kier alpha value is -2.23. The van der Waals surface area contributed by atoms with Crippen LogP contribution in [0.25, 0.3) is 0 Å². The standard InChI is InChI=1S/C12H17N3O4/c1-2-3-9(11(17)18)14-12(19)15-6-4-8(5-7-15)10(13)16/h1,8-9H,3-7H2,(H2,13,16)(H,14,19)(H,17,18). The van der Waals surface area contributed by atoms with Gasteiger partial charge in [-0.3, -0.25) is 4.79 Å². The molecule has 0 bridgehead atoms. The van der Waals surface area contributed by atoms with Gasteiger partial charge in [0.15, 0.2) is 0 Å². The van der Waals surface area contributed by atoms with Gasteiger partial charge in [0.05, 0.1) is 0 Å². The molecule has 1 rings (SSSR count). The normalized spacial score (nSPS) is 17.3. The number of hydrogen-bond acceptors (Lipinski definition) is 3. The summed E-state index contributed by atoms with van der Waals surface area (Å²) >= 11 is 0. The number of carboxylic acid groups (broad SMARTS) is 1. The third-order valence-electron chi connectivity index (χ3n) is 3.10. The summed E-state index contributed by atoms with van der Waals surface area (Å²) in [6, 6.07) is -1.57. The van der Waals surface area contributed by atoms with Crippen LogP contribution in [0.5, 0.6) is 0 Å². The van der Waals surface area contributed by atoms with Crippen molar-refractivity contribution in [3.63, 3.8) is 0 Å². The van der Waals surface area contributed by atoms with E-state index in [2.05, 4.69) is 11.2 Å². The van der Waals surface area contributed by atoms with Crippen LogP contribution < -0.4 is 11.1 Å². The van der Waals surface area contributed by atoms with E-state index >= 15 is 0 Å². The molecule has 0 saturated carbocycles. The molecule has 1 saturated heterocycles. The van der Waals surface area contributed by atoms with Crippen molar-refractivity contribution >= 4 is 17.9 Å². The molecule has 1 fully saturated rings. The predicted molar refractivity (Wildman–Crippen MR) is 66.9 cm³/mol. The first-order valence-corrected chi connectivity index (χ1v) is 5.96. The smallest absolute Gasteiger partial charge is 0.327 e. The molecular formula is C12H17N3O4. The molecule has 7 nitrogen and oxygen atoms in total. The number of nitrogens with zero attached hydrogens (tertiary/aromatic N) is 1. The van der Waals surface area contributed by atoms with Gasteiger partial charge in [-0.2, -0.15) is 0 Å². The van der Waals surface area contributed by atoms with Crippen LogP contribution in [0.1, 0.15) is 19.3 Å². The fourth-order valence-electron chi connectivity index (χ4n) is 1.93. The van der Waals surface area contributed by atoms with Gasteiger partial charge in [-0.25, -0.2) is 9.59 Å². The molecule has 0 aliphatic carbocycles. The van der Waals surface area contributed by atoms with Gasteiger partial charge in [-0.15, -0.1) is 12.3 Å². The maximum Gasteiger partial charge on any atom is 0.327 e. The number of likely N-dealkylation sites (tertiary alicyclic amines) is 1. The van der Waals surface area contributed by atoms with Gasteiger partial charge in [0.1, 0.15) is 6.04 Å². The third kappa shape index (κ3) is 4.17. The van der Waals surface area contributed by atoms with E-state index in [0.29, 0.717) is 25.9 Å². The summed E-state index contributed by atoms with van der Waals surface area (Å²) in [5.41, 5.74) is 5.19. The molecule has 1 aliphatic rings. The summed E-state index contributed by atoms with van der Waals surface area (Å²) in [6.45, 7) is 0.754. The molecular weight excluding hydrogens is 250 g/mol. The van der Waals surface area contributed by atoms with E-state index in [1.54, 1.807) is 0 Å². The Balaban J connectivity index is 2.49. The number of urea groups is 1. The number of piperidine rings is 1. The number of carbonyl (C=O) groups excluding carboxylic acids is 2. The molecule has 0 aromatic rings. The highest BCUT2D eigenvalue weighted by molar-refractivity contribution is 5.83. The summed E-state index contributed by atoms with van der Waals surface area (Å²) < 4.78 is 0. The molecule has 1 unspecified atom stereocenters. The molecule has 1 atom stereocenters. The molecule has 0 aromatic carbocycles. The van der Waals surface area contributed by atoms with Gasteiger partial charge in [-0.1, -0.05) is 0 Å². The van der Waals surface area contributed by atoms with E-state index in [9.17, 15) is 14.4 Å². The molecule has 1 heterocycles. The van der Waals surface area contributed by atoms with Crippen LogP contribution in [0.3, 0.4) is 0 Å². The average Bonchev–Trinajstić information content (AvgIpc) is 2.38. The molecule has 104 valence electrons. The zero-order chi connectivity index (χ0) is 14.4. The van der Waals surface area contributed by atoms with E-state index in [1.165, 1.54) is 4.90 Å². The summed E-state index contributed by atoms with van der Waals surface area (Å²) in [6.07, 6.45) is 5.96. The lowest BCUT2D eigenvalue weighted by molar-refractivity contribution is -0.139. The largest absolute Gasteiger partial charge is 0.480 e. The van der Waals surface area contributed by atoms with Crippen LogP contribution in [0.4, 0.5) is 4.79 Å². The SMILES string of the molecule is C#CCC(NC(=O)N1CCC(C(N)=O)CC1)C(=O)O. The average molecular weight is 267 g/mol. The second-order valence-electron chi connectivity index (χ2n) is 4.41. The molecule has 0 spiro atoms. The zero-order valence-corrected chi connectivity index (χ0v) is 10.5. The molecule has 4 N–H and O–H groups in total. The van der Waals surface area contributed by atoms with Crippen LogP contribution in [-0.4, -0.2) is 47.0 Å². The number of nitrogens with one attached hydrogen (secondary N) is 1. The number of terminal acetylenes is 1. The van der Waals surface area contributed by atoms with Gasteiger partial charge < -0.3 is 21.1 Å². The number of rotatable bonds is 4. The predicted octanol–water partition coefficient (Wildman–Crippen LogP) is -0.630. The molecule has 0 aromatic heterocycles. The van der Waals surface area contributed by atoms with Gasteiger partial charge in [0, 0.05) is 25.4 Å². The van der Waals surface area contributed by atoms with Crippen molar-refractivity contribution in [2.75, 3.05) is 13.1 Å². The number of primary amides is 1. The van der Waals surface area contributed by atoms with Crippen molar-refractivity contribution < 1.29 is 19.5 Å². The lowest BCUT2D eigenvalue weighted by Gasteiger charge is -2.31. The molecule has 19 heavy (non-hydrogen) atoms. The molecule has 0 radical (unpaired) electrons. The van der Waals surface area contributed by atoms with Gasteiger partial charge in [0.2, 0.25) is 5.91 Å². The lowest BCUT2D eigenvalue weighted by atomic mass is 9.96. The van der Waals surface area contributed by atoms with Crippen molar-refractivity contribution in [2.45, 2.75) is 25.3 Å². The summed E-state index contributed by atoms with van der Waals surface area (Å²) in [5, 5.41) is 11.2. The van der Waals surface area contributed by atoms with Crippen LogP contribution >= 0.6 is 0 Å². The first-order valence-electron chi connectivity index (χ1n) is 5.96. The van der Waals surface area contributed by atoms with Crippen molar-refractivity contribution in [2.24, 2.45) is 11.7 Å². The minimum atomic E-state index is -1.17. The second-order valence-corrected chi connectivity index (χ2v) is 4.41. The summed E-state index contributed by atoms with van der Waals surface area (Å²) in [5.74, 6) is 0.453. The Morgan fingerprint density at radius 2 is 2.00 bits per heavy atom. The third-order valence-corrected chi connectivity index (χ3v) is 3.10. The van der Waals surface area contributed by atoms with Crippen molar-refractivity contribution in [1.29, 1.82) is 0 Å². The Bertz CT molecular complexity index is 408. The second kappa shape index (κ2) is 6.64. The van der Waals surface area contributed by atoms with E-state index in [1.807, 2.05) is 0 Å². The van der Waals surface area contributed by atoms with Crippen molar-refractivity contribution in [3.05, 3.63) is 0 Å². The maximum absolute atomic E-state index is 11.8. The number of hydrogen-bond donors (Lipinski definition) is 3. The highest BCUT2D eigenvalue weighted by Gasteiger charge is 2.28. The lowest BCUT2D eigenvalue weighted by Crippen LogP contribution is -2.50. The van der Waals surface area contributed by atoms with E-state index in [-0.39, 0.29) is 18.2 Å². The number of nitrogens with two attached hydrogens (primary N) is 1. The van der Waals surface area contributed by atoms with Crippen LogP contribution in [0.15, 0.2) is 0 Å². The Labute approximate surface area is 111 Å². The Morgan fingerprint density at radius 1 is 1.42 bits per heavy atom. The monoisotopic (exact) mass is 267 g/mol. The van der Waals surface area contributed by atoms with E-state index < -0.39 is 18.0 Å². The highest BCUT2D eigenvalue weighted by Crippen LogP contribution is 2.16. The van der Waals surface area contributed by atoms with Gasteiger partial charge >= 0.3 is 12.0 Å². The number of amides is 3. The first-order chi connectivity index (χ1) is 8.95. The van der Waals surface area contributed by atoms with Crippen molar-refractivity contribution in [3.8, 4) is 12.3 Å². The van der Waals surface area contributed by atoms with Crippen LogP contribution in [-0.2, 0) is 9.59 Å². The van der Waals surface area contributed by atoms with E-state index in [4.69, 9.17) is 17.3 Å². The number of aliphatic carboxylic acids is 1. The van der Waals surface area contributed by atoms with Crippen molar-refractivity contribution in [1.82, 2.24) is 10.2 Å². The van der Waals surface area contributed by atoms with Gasteiger partial charge in [-0.05, 0) is 12.8 Å². The topological polar surface area (TPSA) is 113 Å². The summed E-state index contributed by atoms with van der Waals surface area (Å²) in [7, 11) is 0. The number of carbonyl (C=O) groups is 3. The Kier molecular flexibility index (Phi) is 5.18. The first kappa shape index (κ1) is 14.8. The van der Waals surface area contributed by atoms with E-state index in [0.717, 1.165) is 0 Å². The highest BCUT2D eigenvalue weighted by atomic mass is 16.4. The van der Waals surface area contributed by atoms with Gasteiger partial charge in [0.25, 0.3) is 0 Å². The fourth-order valence-corrected chi connectivity index (χ4v) is 1.93. The summed E-state index contributed by atoms with van der Waals surface area (Å²) in [4.78, 5) is 35.1. The van der Waals surface area contributed by atoms with Crippen LogP contribution in [0.2, 0.25) is 0 Å². The van der Waals surface area contributed by atoms with Crippen LogP contribution in [0, 0.1) is 18.3 Å². The molecule has 1 aliphatic heterocycles. The zero-order valence-electron chi connectivity index (χ0n) is 10.5.